The molecule has 52 valence electrons. The molecule has 9 heavy (non-hydrogen) atoms. The zero-order valence-electron chi connectivity index (χ0n) is 6.24. The van der Waals surface area contributed by atoms with Crippen LogP contribution in [0.3, 0.4) is 0 Å². The number of halogens is 1. The lowest BCUT2D eigenvalue weighted by Gasteiger charge is -1.88. The van der Waals surface area contributed by atoms with Gasteiger partial charge in [-0.05, 0) is 20.8 Å². The third-order valence-electron chi connectivity index (χ3n) is 0.912. The Kier molecular flexibility index (Phi) is 4.51. The van der Waals surface area contributed by atoms with Crippen LogP contribution in [0.25, 0.3) is 0 Å². The second-order valence-electron chi connectivity index (χ2n) is 2.39. The molecule has 0 unspecified atom stereocenters. The van der Waals surface area contributed by atoms with E-state index in [4.69, 9.17) is 11.6 Å². The molecule has 0 aliphatic carbocycles. The van der Waals surface area contributed by atoms with E-state index in [9.17, 15) is 0 Å². The Labute approximate surface area is 62.2 Å². The van der Waals surface area contributed by atoms with Crippen molar-refractivity contribution in [1.29, 1.82) is 0 Å². The Balaban J connectivity index is 3.83. The van der Waals surface area contributed by atoms with Gasteiger partial charge in [-0.2, -0.15) is 0 Å². The van der Waals surface area contributed by atoms with Gasteiger partial charge in [0.25, 0.3) is 0 Å². The largest absolute Gasteiger partial charge is 0.122 e. The molecule has 0 saturated heterocycles. The Morgan fingerprint density at radius 3 is 2.11 bits per heavy atom. The second kappa shape index (κ2) is 4.63. The monoisotopic (exact) mass is 144 g/mol. The minimum absolute atomic E-state index is 0.629. The quantitative estimate of drug-likeness (QED) is 0.413. The minimum Gasteiger partial charge on any atom is -0.122 e. The number of rotatable bonds is 2. The lowest BCUT2D eigenvalue weighted by molar-refractivity contribution is 1.35. The molecule has 0 aromatic heterocycles. The van der Waals surface area contributed by atoms with Crippen molar-refractivity contribution in [2.24, 2.45) is 0 Å². The molecule has 0 spiro atoms. The average Bonchev–Trinajstić information content (AvgIpc) is 1.83. The molecule has 0 radical (unpaired) electrons. The summed E-state index contributed by atoms with van der Waals surface area (Å²) in [5.41, 5.74) is 2.51. The first-order valence-electron chi connectivity index (χ1n) is 3.03. The third-order valence-corrected chi connectivity index (χ3v) is 1.33. The zero-order valence-corrected chi connectivity index (χ0v) is 7.00. The van der Waals surface area contributed by atoms with Gasteiger partial charge in [-0.3, -0.25) is 0 Å². The predicted molar refractivity (Wildman–Crippen MR) is 43.9 cm³/mol. The van der Waals surface area contributed by atoms with Crippen LogP contribution in [0.1, 0.15) is 20.8 Å². The van der Waals surface area contributed by atoms with Gasteiger partial charge in [0.2, 0.25) is 0 Å². The first-order valence-corrected chi connectivity index (χ1v) is 3.57. The number of alkyl halides is 1. The van der Waals surface area contributed by atoms with Crippen LogP contribution in [0.2, 0.25) is 0 Å². The molecule has 0 aromatic rings. The molecule has 0 fully saturated rings. The van der Waals surface area contributed by atoms with Crippen LogP contribution in [-0.2, 0) is 0 Å². The molecule has 0 N–H and O–H groups in total. The van der Waals surface area contributed by atoms with Crippen LogP contribution in [0, 0.1) is 0 Å². The molecule has 0 bridgehead atoms. The van der Waals surface area contributed by atoms with E-state index in [1.807, 2.05) is 13.0 Å². The normalized spacial score (nSPS) is 11.3. The van der Waals surface area contributed by atoms with E-state index in [2.05, 4.69) is 19.9 Å². The van der Waals surface area contributed by atoms with E-state index in [1.54, 1.807) is 0 Å². The van der Waals surface area contributed by atoms with E-state index in [1.165, 1.54) is 11.1 Å². The number of hydrogen-bond acceptors (Lipinski definition) is 0. The maximum atomic E-state index is 5.54. The van der Waals surface area contributed by atoms with Crippen LogP contribution in [0.5, 0.6) is 0 Å². The Hall–Kier alpha value is -0.230. The summed E-state index contributed by atoms with van der Waals surface area (Å²) < 4.78 is 0. The molecule has 0 heterocycles. The second-order valence-corrected chi connectivity index (χ2v) is 2.66. The highest BCUT2D eigenvalue weighted by molar-refractivity contribution is 6.19. The summed E-state index contributed by atoms with van der Waals surface area (Å²) in [4.78, 5) is 0. The number of allylic oxidation sites excluding steroid dienone is 4. The van der Waals surface area contributed by atoms with Crippen molar-refractivity contribution < 1.29 is 0 Å². The molecule has 0 atom stereocenters. The highest BCUT2D eigenvalue weighted by atomic mass is 35.5. The summed E-state index contributed by atoms with van der Waals surface area (Å²) in [6.45, 7) is 6.16. The minimum atomic E-state index is 0.629. The molecule has 0 saturated carbocycles. The van der Waals surface area contributed by atoms with Crippen LogP contribution < -0.4 is 0 Å². The van der Waals surface area contributed by atoms with Crippen molar-refractivity contribution >= 4 is 11.6 Å². The Bertz CT molecular complexity index is 128. The molecule has 0 amide bonds. The molecule has 0 rings (SSSR count). The van der Waals surface area contributed by atoms with Crippen molar-refractivity contribution in [3.05, 3.63) is 23.3 Å². The summed E-state index contributed by atoms with van der Waals surface area (Å²) >= 11 is 5.54. The summed E-state index contributed by atoms with van der Waals surface area (Å²) in [6.07, 6.45) is 4.11. The summed E-state index contributed by atoms with van der Waals surface area (Å²) in [5, 5.41) is 0. The standard InChI is InChI=1S/C8H13Cl/c1-7(2)4-5-8(3)6-9/h4-5H,6H2,1-3H3/b8-5+. The van der Waals surface area contributed by atoms with Crippen molar-refractivity contribution in [2.45, 2.75) is 20.8 Å². The lowest BCUT2D eigenvalue weighted by atomic mass is 10.2. The fraction of sp³-hybridized carbons (Fsp3) is 0.500. The van der Waals surface area contributed by atoms with E-state index < -0.39 is 0 Å². The molecule has 1 heteroatoms. The average molecular weight is 145 g/mol. The van der Waals surface area contributed by atoms with Crippen molar-refractivity contribution in [3.63, 3.8) is 0 Å². The van der Waals surface area contributed by atoms with Gasteiger partial charge >= 0.3 is 0 Å². The molecule has 0 aliphatic heterocycles. The fourth-order valence-electron chi connectivity index (χ4n) is 0.353. The molecule has 0 aliphatic rings. The van der Waals surface area contributed by atoms with E-state index >= 15 is 0 Å². The fourth-order valence-corrected chi connectivity index (χ4v) is 0.443. The van der Waals surface area contributed by atoms with Gasteiger partial charge in [-0.25, -0.2) is 0 Å². The van der Waals surface area contributed by atoms with Crippen LogP contribution in [0.15, 0.2) is 23.3 Å². The van der Waals surface area contributed by atoms with Gasteiger partial charge in [0.05, 0.1) is 0 Å². The van der Waals surface area contributed by atoms with Gasteiger partial charge in [0, 0.05) is 5.88 Å². The molecular formula is C8H13Cl. The van der Waals surface area contributed by atoms with E-state index in [0.717, 1.165) is 0 Å². The number of hydrogen-bond donors (Lipinski definition) is 0. The summed E-state index contributed by atoms with van der Waals surface area (Å²) in [6, 6.07) is 0. The predicted octanol–water partition coefficient (Wildman–Crippen LogP) is 3.14. The van der Waals surface area contributed by atoms with E-state index in [0.29, 0.717) is 5.88 Å². The lowest BCUT2D eigenvalue weighted by Crippen LogP contribution is -1.73. The highest BCUT2D eigenvalue weighted by Gasteiger charge is 1.80. The van der Waals surface area contributed by atoms with Crippen molar-refractivity contribution in [3.8, 4) is 0 Å². The van der Waals surface area contributed by atoms with Gasteiger partial charge in [-0.1, -0.05) is 23.3 Å². The van der Waals surface area contributed by atoms with Crippen molar-refractivity contribution in [2.75, 3.05) is 5.88 Å². The van der Waals surface area contributed by atoms with Gasteiger partial charge in [-0.15, -0.1) is 11.6 Å². The molecule has 0 nitrogen and oxygen atoms in total. The van der Waals surface area contributed by atoms with Crippen molar-refractivity contribution in [1.82, 2.24) is 0 Å². The van der Waals surface area contributed by atoms with Gasteiger partial charge in [0.15, 0.2) is 0 Å². The first kappa shape index (κ1) is 8.77. The maximum absolute atomic E-state index is 5.54. The maximum Gasteiger partial charge on any atom is 0.0433 e. The topological polar surface area (TPSA) is 0 Å². The third kappa shape index (κ3) is 5.64. The Morgan fingerprint density at radius 2 is 1.78 bits per heavy atom. The molecule has 0 aromatic carbocycles. The first-order chi connectivity index (χ1) is 4.16. The van der Waals surface area contributed by atoms with Gasteiger partial charge < -0.3 is 0 Å². The molecular weight excluding hydrogens is 132 g/mol. The summed E-state index contributed by atoms with van der Waals surface area (Å²) in [5.74, 6) is 0.629. The Morgan fingerprint density at radius 1 is 1.22 bits per heavy atom. The highest BCUT2D eigenvalue weighted by Crippen LogP contribution is 1.97. The zero-order chi connectivity index (χ0) is 7.28. The SMILES string of the molecule is CC(C)=C/C=C(\C)CCl. The van der Waals surface area contributed by atoms with Crippen LogP contribution >= 0.6 is 11.6 Å². The van der Waals surface area contributed by atoms with Crippen LogP contribution in [0.4, 0.5) is 0 Å². The summed E-state index contributed by atoms with van der Waals surface area (Å²) in [7, 11) is 0. The van der Waals surface area contributed by atoms with Crippen LogP contribution in [-0.4, -0.2) is 5.88 Å². The van der Waals surface area contributed by atoms with E-state index in [-0.39, 0.29) is 0 Å². The smallest absolute Gasteiger partial charge is 0.0433 e. The van der Waals surface area contributed by atoms with Gasteiger partial charge in [0.1, 0.15) is 0 Å².